The number of carboxylic acid groups (broad SMARTS) is 2. The normalized spacial score (nSPS) is 7.68. The number of aliphatic carboxylic acids is 2. The van der Waals surface area contributed by atoms with Gasteiger partial charge in [0.25, 0.3) is 0 Å². The minimum atomic E-state index is -1.28. The Bertz CT molecular complexity index is 551. The van der Waals surface area contributed by atoms with Gasteiger partial charge in [-0.2, -0.15) is 0 Å². The number of hydrogen-bond acceptors (Lipinski definition) is 12. The van der Waals surface area contributed by atoms with E-state index in [-0.39, 0.29) is 50.6 Å². The molecule has 2 rings (SSSR count). The molecule has 25 heavy (non-hydrogen) atoms. The van der Waals surface area contributed by atoms with E-state index in [0.29, 0.717) is 0 Å². The van der Waals surface area contributed by atoms with Gasteiger partial charge in [-0.15, -0.1) is 0 Å². The van der Waals surface area contributed by atoms with Crippen LogP contribution in [0.2, 0.25) is 0 Å². The van der Waals surface area contributed by atoms with Crippen LogP contribution in [0.5, 0.6) is 0 Å². The van der Waals surface area contributed by atoms with Crippen molar-refractivity contribution in [2.24, 2.45) is 0 Å². The molecule has 19 heteroatoms. The zero-order valence-electron chi connectivity index (χ0n) is 12.4. The molecule has 0 bridgehead atoms. The van der Waals surface area contributed by atoms with Crippen LogP contribution in [0.3, 0.4) is 0 Å². The van der Waals surface area contributed by atoms with Gasteiger partial charge in [-0.1, -0.05) is 10.2 Å². The summed E-state index contributed by atoms with van der Waals surface area (Å²) in [5, 5.41) is 39.2. The Kier molecular flexibility index (Phi) is 21.4. The number of hydrogen-bond donors (Lipinski definition) is 2. The van der Waals surface area contributed by atoms with Gasteiger partial charge in [0.1, 0.15) is 0 Å². The third-order valence-corrected chi connectivity index (χ3v) is 1.68. The average Bonchev–Trinajstić information content (AvgIpc) is 2.90. The monoisotopic (exact) mass is 419 g/mol. The van der Waals surface area contributed by atoms with E-state index in [1.807, 2.05) is 0 Å². The van der Waals surface area contributed by atoms with Gasteiger partial charge >= 0.3 is 16.8 Å². The Labute approximate surface area is 148 Å². The third kappa shape index (κ3) is 12.2. The standard InChI is InChI=1S/2C3H5N5O2.Co.4H2O/c2*4-3-5-6-7-8(3)1-2(9)10;;;;;/h2*1H2,(H,9,10)(H2,4,5,7);;4*1H2/q;;+2;;;;/p+2. The summed E-state index contributed by atoms with van der Waals surface area (Å²) >= 11 is 0. The molecule has 0 aromatic carbocycles. The van der Waals surface area contributed by atoms with Crippen molar-refractivity contribution in [3.05, 3.63) is 0 Å². The van der Waals surface area contributed by atoms with Crippen LogP contribution >= 0.6 is 0 Å². The van der Waals surface area contributed by atoms with Crippen molar-refractivity contribution in [2.45, 2.75) is 13.1 Å². The first-order valence-electron chi connectivity index (χ1n) is 4.83. The van der Waals surface area contributed by atoms with Gasteiger partial charge in [-0.3, -0.25) is 0 Å². The summed E-state index contributed by atoms with van der Waals surface area (Å²) in [6.07, 6.45) is 0. The molecule has 18 nitrogen and oxygen atoms in total. The number of nitrogens with zero attached hydrogens (tertiary/aromatic N) is 8. The molecule has 0 aliphatic carbocycles. The van der Waals surface area contributed by atoms with E-state index in [4.69, 9.17) is 11.5 Å². The van der Waals surface area contributed by atoms with Gasteiger partial charge in [0.05, 0.1) is 25.0 Å². The van der Waals surface area contributed by atoms with E-state index < -0.39 is 25.0 Å². The summed E-state index contributed by atoms with van der Waals surface area (Å²) in [6.45, 7) is -0.836. The molecule has 147 valence electrons. The van der Waals surface area contributed by atoms with Crippen molar-refractivity contribution >= 4 is 23.8 Å². The van der Waals surface area contributed by atoms with Crippen molar-refractivity contribution in [2.75, 3.05) is 11.5 Å². The number of nitrogens with two attached hydrogens (primary N) is 2. The molecular formula is C6H20CoN10O8+4. The predicted octanol–water partition coefficient (Wildman–Crippen LogP) is -9.68. The third-order valence-electron chi connectivity index (χ3n) is 1.68. The number of carbonyl (C=O) groups is 2. The maximum Gasteiger partial charge on any atom is 2.00 e. The van der Waals surface area contributed by atoms with Crippen LogP contribution in [0.25, 0.3) is 0 Å². The fourth-order valence-electron chi connectivity index (χ4n) is 0.893. The molecule has 0 amide bonds. The molecule has 16 N–H and O–H groups in total. The zero-order chi connectivity index (χ0) is 15.1. The molecular weight excluding hydrogens is 399 g/mol. The number of nitrogen functional groups attached to an aromatic ring is 2. The number of aromatic nitrogens is 8. The fourth-order valence-corrected chi connectivity index (χ4v) is 0.893. The van der Waals surface area contributed by atoms with Gasteiger partial charge in [0, 0.05) is 0 Å². The minimum Gasteiger partial charge on any atom is -0.548 e. The van der Waals surface area contributed by atoms with Gasteiger partial charge in [-0.05, 0) is 20.9 Å². The molecule has 2 aromatic heterocycles. The van der Waals surface area contributed by atoms with E-state index in [0.717, 1.165) is 9.36 Å². The molecule has 2 heterocycles. The Morgan fingerprint density at radius 3 is 1.24 bits per heavy atom. The second-order valence-electron chi connectivity index (χ2n) is 3.13. The quantitative estimate of drug-likeness (QED) is 0.436. The summed E-state index contributed by atoms with van der Waals surface area (Å²) in [4.78, 5) is 19.9. The van der Waals surface area contributed by atoms with Crippen LogP contribution in [0.1, 0.15) is 0 Å². The largest absolute Gasteiger partial charge is 2.00 e. The summed E-state index contributed by atoms with van der Waals surface area (Å²) in [5.74, 6) is -2.63. The van der Waals surface area contributed by atoms with Crippen molar-refractivity contribution < 1.29 is 58.5 Å². The molecule has 0 atom stereocenters. The van der Waals surface area contributed by atoms with Crippen molar-refractivity contribution in [1.29, 1.82) is 0 Å². The van der Waals surface area contributed by atoms with Gasteiger partial charge < -0.3 is 53.2 Å². The average molecular weight is 419 g/mol. The summed E-state index contributed by atoms with van der Waals surface area (Å²) in [7, 11) is 0. The van der Waals surface area contributed by atoms with Crippen LogP contribution in [0, 0.1) is 0 Å². The molecule has 0 aliphatic heterocycles. The number of anilines is 2. The van der Waals surface area contributed by atoms with Crippen LogP contribution in [-0.2, 0) is 61.4 Å². The number of rotatable bonds is 4. The second-order valence-corrected chi connectivity index (χ2v) is 3.13. The van der Waals surface area contributed by atoms with E-state index in [1.165, 1.54) is 0 Å². The molecule has 0 saturated heterocycles. The van der Waals surface area contributed by atoms with Crippen molar-refractivity contribution in [1.82, 2.24) is 40.4 Å². The minimum absolute atomic E-state index is 0. The molecule has 0 spiro atoms. The van der Waals surface area contributed by atoms with Crippen LogP contribution in [0.4, 0.5) is 11.9 Å². The van der Waals surface area contributed by atoms with Gasteiger partial charge in [0.2, 0.25) is 11.9 Å². The van der Waals surface area contributed by atoms with Crippen LogP contribution in [-0.4, -0.2) is 52.4 Å². The fraction of sp³-hybridized carbons (Fsp3) is 0.333. The zero-order valence-corrected chi connectivity index (χ0v) is 13.5. The van der Waals surface area contributed by atoms with Gasteiger partial charge in [-0.25, -0.2) is 9.36 Å². The second kappa shape index (κ2) is 15.9. The molecule has 0 aliphatic rings. The molecule has 0 unspecified atom stereocenters. The number of carboxylic acids is 2. The Balaban J connectivity index is -0.0000000889. The van der Waals surface area contributed by atoms with Crippen molar-refractivity contribution in [3.8, 4) is 0 Å². The van der Waals surface area contributed by atoms with E-state index in [1.54, 1.807) is 0 Å². The van der Waals surface area contributed by atoms with E-state index in [9.17, 15) is 19.8 Å². The first-order chi connectivity index (χ1) is 9.40. The Morgan fingerprint density at radius 1 is 0.800 bits per heavy atom. The number of tetrazole rings is 2. The molecule has 0 saturated carbocycles. The Morgan fingerprint density at radius 2 is 1.08 bits per heavy atom. The van der Waals surface area contributed by atoms with Gasteiger partial charge in [0.15, 0.2) is 0 Å². The molecule has 1 radical (unpaired) electrons. The first kappa shape index (κ1) is 33.6. The topological polar surface area (TPSA) is 352 Å². The number of carbonyl (C=O) groups excluding carboxylic acids is 2. The summed E-state index contributed by atoms with van der Waals surface area (Å²) in [5.41, 5.74) is 10.2. The summed E-state index contributed by atoms with van der Waals surface area (Å²) < 4.78 is 1.85. The first-order valence-corrected chi connectivity index (χ1v) is 4.83. The molecule has 0 fully saturated rings. The molecule has 2 aromatic rings. The summed E-state index contributed by atoms with van der Waals surface area (Å²) in [6, 6.07) is 0. The predicted molar refractivity (Wildman–Crippen MR) is 74.0 cm³/mol. The SMILES string of the molecule is Nc1nnnn1CC(=O)[O-].Nc1nnnn1CC(=O)[O-].[Co+2].[OH3+].[OH3+].[OH3+].[OH3+]. The van der Waals surface area contributed by atoms with E-state index >= 15 is 0 Å². The van der Waals surface area contributed by atoms with Crippen molar-refractivity contribution in [3.63, 3.8) is 0 Å². The smallest absolute Gasteiger partial charge is 0.548 e. The maximum absolute atomic E-state index is 9.94. The van der Waals surface area contributed by atoms with Crippen LogP contribution < -0.4 is 21.7 Å². The Hall–Kier alpha value is -2.97. The van der Waals surface area contributed by atoms with Crippen LogP contribution in [0.15, 0.2) is 0 Å². The van der Waals surface area contributed by atoms with E-state index in [2.05, 4.69) is 31.1 Å². The maximum atomic E-state index is 9.94.